The molecule has 1 N–H and O–H groups in total. The number of carbonyl (C=O) groups is 2. The van der Waals surface area contributed by atoms with Gasteiger partial charge in [-0.15, -0.1) is 0 Å². The van der Waals surface area contributed by atoms with Crippen LogP contribution in [0.15, 0.2) is 146 Å². The molecule has 10 heteroatoms. The molecular weight excluding hydrogens is 1160 g/mol. The number of esters is 2. The second kappa shape index (κ2) is 71.2. The van der Waals surface area contributed by atoms with Gasteiger partial charge in [-0.05, 0) is 116 Å². The first-order chi connectivity index (χ1) is 45.0. The summed E-state index contributed by atoms with van der Waals surface area (Å²) in [5.41, 5.74) is 0. The number of phosphoric ester groups is 1. The van der Waals surface area contributed by atoms with Crippen LogP contribution >= 0.6 is 7.82 Å². The normalized spacial score (nSPS) is 13.9. The highest BCUT2D eigenvalue weighted by molar-refractivity contribution is 7.47. The molecule has 0 heterocycles. The Labute approximate surface area is 567 Å². The molecule has 0 rings (SSSR count). The molecule has 9 nitrogen and oxygen atoms in total. The maximum atomic E-state index is 12.9. The Balaban J connectivity index is 4.06. The summed E-state index contributed by atoms with van der Waals surface area (Å²) in [4.78, 5) is 35.9. The summed E-state index contributed by atoms with van der Waals surface area (Å²) >= 11 is 0. The van der Waals surface area contributed by atoms with Gasteiger partial charge in [0.25, 0.3) is 0 Å². The monoisotopic (exact) mass is 1300 g/mol. The summed E-state index contributed by atoms with van der Waals surface area (Å²) in [7, 11) is 1.43. The van der Waals surface area contributed by atoms with Gasteiger partial charge in [0.1, 0.15) is 19.8 Å². The van der Waals surface area contributed by atoms with Crippen LogP contribution in [0, 0.1) is 0 Å². The van der Waals surface area contributed by atoms with Gasteiger partial charge in [0.05, 0.1) is 27.7 Å². The van der Waals surface area contributed by atoms with Gasteiger partial charge >= 0.3 is 19.8 Å². The van der Waals surface area contributed by atoms with E-state index in [1.807, 2.05) is 21.1 Å². The number of ether oxygens (including phenoxy) is 2. The van der Waals surface area contributed by atoms with Crippen LogP contribution in [0.3, 0.4) is 0 Å². The Hall–Kier alpha value is -4.11. The predicted molar refractivity (Wildman–Crippen MR) is 399 cm³/mol. The molecular formula is C82H141NO8P+. The molecule has 92 heavy (non-hydrogen) atoms. The Bertz CT molecular complexity index is 2070. The highest BCUT2D eigenvalue weighted by Crippen LogP contribution is 2.43. The third-order valence-electron chi connectivity index (χ3n) is 15.9. The van der Waals surface area contributed by atoms with Crippen molar-refractivity contribution in [1.82, 2.24) is 0 Å². The zero-order valence-corrected chi connectivity index (χ0v) is 60.9. The zero-order chi connectivity index (χ0) is 66.9. The third kappa shape index (κ3) is 74.9. The Morgan fingerprint density at radius 3 is 0.957 bits per heavy atom. The fourth-order valence-electron chi connectivity index (χ4n) is 10.1. The summed E-state index contributed by atoms with van der Waals surface area (Å²) in [6, 6.07) is 0. The quantitative estimate of drug-likeness (QED) is 0.0211. The number of likely N-dealkylation sites (N-methyl/N-ethyl adjacent to an activating group) is 1. The minimum Gasteiger partial charge on any atom is -0.462 e. The van der Waals surface area contributed by atoms with Crippen LogP contribution < -0.4 is 0 Å². The standard InChI is InChI=1S/C82H140NO8P/c1-6-8-10-12-14-16-18-20-22-24-26-28-30-32-34-36-37-38-39-40-41-42-43-44-45-47-48-50-52-54-56-58-60-62-64-66-68-70-72-74-81(84)88-78-80(79-90-92(86,87)89-77-76-83(3,4)5)91-82(85)75-73-71-69-67-65-63-61-59-57-55-53-51-49-46-35-33-31-29-27-25-23-21-19-17-15-13-11-9-7-2/h9,11,15,17-18,20-21,23-24,26-27,29-30,32-33,35,49,51,55,57,61,63,67,69,80H,6-8,10,12-14,16,19,22,25,28,31,34,36-48,50,52-54,56,58-60,62,64-66,68,70-79H2,1-5H3/p+1/b11-9-,17-15-,20-18-,23-21-,26-24-,29-27-,32-30-,35-33-,51-49-,57-55-,63-61-,69-67-. The van der Waals surface area contributed by atoms with Crippen molar-refractivity contribution in [2.24, 2.45) is 0 Å². The van der Waals surface area contributed by atoms with Crippen molar-refractivity contribution in [3.8, 4) is 0 Å². The molecule has 0 saturated carbocycles. The first kappa shape index (κ1) is 87.9. The SMILES string of the molecule is CC/C=C\C/C=C\C/C=C\C/C=C\C/C=C\C/C=C\C/C=C\C/C=C\C/C=C\CCCC(=O)OC(COC(=O)CCCCCCCCCCCCCCCCCCCCCCCCCC/C=C\C/C=C\C/C=C\CCCCCCC)COP(=O)(O)OCC[N+](C)(C)C. The Morgan fingerprint density at radius 1 is 0.348 bits per heavy atom. The van der Waals surface area contributed by atoms with Gasteiger partial charge < -0.3 is 18.9 Å². The number of carbonyl (C=O) groups excluding carboxylic acids is 2. The summed E-state index contributed by atoms with van der Waals surface area (Å²) < 4.78 is 34.7. The summed E-state index contributed by atoms with van der Waals surface area (Å²) in [5.74, 6) is -0.867. The van der Waals surface area contributed by atoms with Gasteiger partial charge in [0.15, 0.2) is 6.10 Å². The van der Waals surface area contributed by atoms with Crippen LogP contribution in [-0.2, 0) is 32.7 Å². The lowest BCUT2D eigenvalue weighted by Crippen LogP contribution is -2.37. The van der Waals surface area contributed by atoms with Crippen LogP contribution in [-0.4, -0.2) is 74.9 Å². The smallest absolute Gasteiger partial charge is 0.462 e. The van der Waals surface area contributed by atoms with Crippen molar-refractivity contribution in [1.29, 1.82) is 0 Å². The molecule has 0 fully saturated rings. The van der Waals surface area contributed by atoms with Crippen LogP contribution in [0.25, 0.3) is 0 Å². The molecule has 2 unspecified atom stereocenters. The van der Waals surface area contributed by atoms with E-state index in [-0.39, 0.29) is 32.0 Å². The maximum Gasteiger partial charge on any atom is 0.472 e. The number of hydrogen-bond acceptors (Lipinski definition) is 7. The summed E-state index contributed by atoms with van der Waals surface area (Å²) in [6.07, 6.45) is 106. The van der Waals surface area contributed by atoms with E-state index < -0.39 is 26.5 Å². The maximum absolute atomic E-state index is 12.9. The molecule has 0 aliphatic heterocycles. The molecule has 526 valence electrons. The van der Waals surface area contributed by atoms with Crippen molar-refractivity contribution in [3.63, 3.8) is 0 Å². The Morgan fingerprint density at radius 2 is 0.630 bits per heavy atom. The summed E-state index contributed by atoms with van der Waals surface area (Å²) in [5, 5.41) is 0. The summed E-state index contributed by atoms with van der Waals surface area (Å²) in [6.45, 7) is 4.25. The van der Waals surface area contributed by atoms with Gasteiger partial charge in [0, 0.05) is 12.8 Å². The largest absolute Gasteiger partial charge is 0.472 e. The number of unbranched alkanes of at least 4 members (excludes halogenated alkanes) is 30. The number of quaternary nitrogens is 1. The van der Waals surface area contributed by atoms with E-state index in [1.54, 1.807) is 0 Å². The lowest BCUT2D eigenvalue weighted by Gasteiger charge is -2.24. The Kier molecular flexibility index (Phi) is 68.0. The average molecular weight is 1300 g/mol. The number of allylic oxidation sites excluding steroid dienone is 24. The van der Waals surface area contributed by atoms with Crippen molar-refractivity contribution in [2.75, 3.05) is 47.5 Å². The number of hydrogen-bond donors (Lipinski definition) is 1. The topological polar surface area (TPSA) is 108 Å². The van der Waals surface area contributed by atoms with Crippen LogP contribution in [0.4, 0.5) is 0 Å². The van der Waals surface area contributed by atoms with Crippen molar-refractivity contribution in [2.45, 2.75) is 315 Å². The van der Waals surface area contributed by atoms with Crippen molar-refractivity contribution < 1.29 is 42.1 Å². The number of nitrogens with zero attached hydrogens (tertiary/aromatic N) is 1. The fraction of sp³-hybridized carbons (Fsp3) is 0.683. The fourth-order valence-corrected chi connectivity index (χ4v) is 10.9. The molecule has 0 spiro atoms. The molecule has 0 aromatic carbocycles. The first-order valence-corrected chi connectivity index (χ1v) is 39.1. The molecule has 0 aliphatic carbocycles. The minimum absolute atomic E-state index is 0.0145. The highest BCUT2D eigenvalue weighted by Gasteiger charge is 2.27. The third-order valence-corrected chi connectivity index (χ3v) is 16.8. The van der Waals surface area contributed by atoms with Gasteiger partial charge in [-0.3, -0.25) is 18.6 Å². The van der Waals surface area contributed by atoms with Gasteiger partial charge in [-0.2, -0.15) is 0 Å². The zero-order valence-electron chi connectivity index (χ0n) is 60.0. The second-order valence-corrected chi connectivity index (χ2v) is 27.4. The lowest BCUT2D eigenvalue weighted by atomic mass is 10.0. The van der Waals surface area contributed by atoms with Crippen LogP contribution in [0.5, 0.6) is 0 Å². The molecule has 0 aliphatic rings. The van der Waals surface area contributed by atoms with E-state index >= 15 is 0 Å². The van der Waals surface area contributed by atoms with Crippen LogP contribution in [0.2, 0.25) is 0 Å². The first-order valence-electron chi connectivity index (χ1n) is 37.6. The van der Waals surface area contributed by atoms with E-state index in [4.69, 9.17) is 18.5 Å². The molecule has 0 bridgehead atoms. The molecule has 0 aromatic heterocycles. The minimum atomic E-state index is -4.42. The van der Waals surface area contributed by atoms with Crippen molar-refractivity contribution >= 4 is 19.8 Å². The van der Waals surface area contributed by atoms with E-state index in [9.17, 15) is 19.0 Å². The lowest BCUT2D eigenvalue weighted by molar-refractivity contribution is -0.870. The predicted octanol–water partition coefficient (Wildman–Crippen LogP) is 24.9. The van der Waals surface area contributed by atoms with E-state index in [0.29, 0.717) is 23.9 Å². The molecule has 0 amide bonds. The number of phosphoric acid groups is 1. The van der Waals surface area contributed by atoms with Crippen LogP contribution in [0.1, 0.15) is 309 Å². The highest BCUT2D eigenvalue weighted by atomic mass is 31.2. The molecule has 0 saturated heterocycles. The van der Waals surface area contributed by atoms with Gasteiger partial charge in [-0.25, -0.2) is 4.57 Å². The second-order valence-electron chi connectivity index (χ2n) is 25.9. The van der Waals surface area contributed by atoms with E-state index in [1.165, 1.54) is 180 Å². The van der Waals surface area contributed by atoms with Gasteiger partial charge in [-0.1, -0.05) is 327 Å². The number of rotatable bonds is 68. The average Bonchev–Trinajstić information content (AvgIpc) is 2.14. The van der Waals surface area contributed by atoms with Gasteiger partial charge in [0.2, 0.25) is 0 Å². The van der Waals surface area contributed by atoms with E-state index in [2.05, 4.69) is 160 Å². The van der Waals surface area contributed by atoms with E-state index in [0.717, 1.165) is 89.9 Å². The molecule has 0 radical (unpaired) electrons. The molecule has 2 atom stereocenters. The van der Waals surface area contributed by atoms with Crippen molar-refractivity contribution in [3.05, 3.63) is 146 Å². The molecule has 0 aromatic rings.